The minimum Gasteiger partial charge on any atom is -0.507 e. The molecule has 2 aromatic carbocycles. The second-order valence-electron chi connectivity index (χ2n) is 8.33. The van der Waals surface area contributed by atoms with E-state index in [1.807, 2.05) is 19.9 Å². The Morgan fingerprint density at radius 3 is 2.40 bits per heavy atom. The zero-order valence-electron chi connectivity index (χ0n) is 20.2. The summed E-state index contributed by atoms with van der Waals surface area (Å²) < 4.78 is 16.0. The van der Waals surface area contributed by atoms with Crippen molar-refractivity contribution in [1.82, 2.24) is 0 Å². The number of carbonyl (C=O) groups excluding carboxylic acids is 2. The van der Waals surface area contributed by atoms with Crippen molar-refractivity contribution in [1.29, 1.82) is 0 Å². The van der Waals surface area contributed by atoms with Crippen molar-refractivity contribution in [2.24, 2.45) is 5.92 Å². The molecule has 7 heteroatoms. The van der Waals surface area contributed by atoms with Crippen LogP contribution in [0, 0.1) is 5.92 Å². The van der Waals surface area contributed by atoms with Crippen molar-refractivity contribution in [2.45, 2.75) is 39.1 Å². The maximum atomic E-state index is 13.0. The number of esters is 1. The molecular formula is C28H30O7. The molecule has 0 amide bonds. The fourth-order valence-electron chi connectivity index (χ4n) is 3.53. The van der Waals surface area contributed by atoms with Gasteiger partial charge < -0.3 is 24.4 Å². The van der Waals surface area contributed by atoms with E-state index in [-0.39, 0.29) is 46.9 Å². The van der Waals surface area contributed by atoms with Crippen LogP contribution in [0.3, 0.4) is 0 Å². The number of phenols is 2. The molecule has 0 aliphatic carbocycles. The SMILES string of the molecule is CO[C@@H](C)[C@H](/C=C/C=C/c1cccc(O)c1C(=O)Oc1ccccc1O)C(=O)/C(C)=C/[C@@H]1O[C@H]1C. The molecule has 0 radical (unpaired) electrons. The molecule has 7 nitrogen and oxygen atoms in total. The molecule has 1 heterocycles. The van der Waals surface area contributed by atoms with E-state index >= 15 is 0 Å². The number of rotatable bonds is 10. The average Bonchev–Trinajstić information content (AvgIpc) is 3.53. The first-order chi connectivity index (χ1) is 16.7. The Kier molecular flexibility index (Phi) is 8.63. The first kappa shape index (κ1) is 25.9. The van der Waals surface area contributed by atoms with E-state index in [0.29, 0.717) is 11.1 Å². The molecule has 1 saturated heterocycles. The van der Waals surface area contributed by atoms with Gasteiger partial charge in [-0.05, 0) is 56.2 Å². The number of ether oxygens (including phenoxy) is 3. The van der Waals surface area contributed by atoms with Crippen LogP contribution in [0.15, 0.2) is 72.3 Å². The molecule has 2 N–H and O–H groups in total. The van der Waals surface area contributed by atoms with E-state index in [2.05, 4.69) is 0 Å². The number of benzene rings is 2. The normalized spacial score (nSPS) is 19.6. The van der Waals surface area contributed by atoms with Crippen molar-refractivity contribution in [3.8, 4) is 17.2 Å². The number of epoxide rings is 1. The topological polar surface area (TPSA) is 106 Å². The zero-order valence-corrected chi connectivity index (χ0v) is 20.2. The van der Waals surface area contributed by atoms with Gasteiger partial charge in [0.05, 0.1) is 18.1 Å². The monoisotopic (exact) mass is 478 g/mol. The molecule has 0 saturated carbocycles. The van der Waals surface area contributed by atoms with Crippen molar-refractivity contribution >= 4 is 17.8 Å². The molecule has 0 unspecified atom stereocenters. The number of Topliss-reactive ketones (excluding diaryl/α,β-unsaturated/α-hetero) is 1. The van der Waals surface area contributed by atoms with Crippen molar-refractivity contribution < 1.29 is 34.0 Å². The number of carbonyl (C=O) groups is 2. The first-order valence-corrected chi connectivity index (χ1v) is 11.3. The molecule has 1 fully saturated rings. The van der Waals surface area contributed by atoms with Gasteiger partial charge in [-0.25, -0.2) is 4.79 Å². The molecule has 35 heavy (non-hydrogen) atoms. The molecule has 0 bridgehead atoms. The van der Waals surface area contributed by atoms with Crippen LogP contribution in [-0.2, 0) is 14.3 Å². The maximum absolute atomic E-state index is 13.0. The third-order valence-electron chi connectivity index (χ3n) is 5.79. The summed E-state index contributed by atoms with van der Waals surface area (Å²) >= 11 is 0. The van der Waals surface area contributed by atoms with Crippen molar-refractivity contribution in [3.05, 3.63) is 83.5 Å². The summed E-state index contributed by atoms with van der Waals surface area (Å²) in [6.45, 7) is 5.54. The van der Waals surface area contributed by atoms with Gasteiger partial charge in [-0.1, -0.05) is 48.6 Å². The Morgan fingerprint density at radius 2 is 1.74 bits per heavy atom. The predicted molar refractivity (Wildman–Crippen MR) is 132 cm³/mol. The summed E-state index contributed by atoms with van der Waals surface area (Å²) in [5.41, 5.74) is 0.980. The minimum absolute atomic E-state index is 0.0140. The molecule has 184 valence electrons. The van der Waals surface area contributed by atoms with Gasteiger partial charge >= 0.3 is 5.97 Å². The number of methoxy groups -OCH3 is 1. The molecule has 4 atom stereocenters. The fourth-order valence-corrected chi connectivity index (χ4v) is 3.53. The molecule has 2 aromatic rings. The largest absolute Gasteiger partial charge is 0.507 e. The predicted octanol–water partition coefficient (Wildman–Crippen LogP) is 4.84. The lowest BCUT2D eigenvalue weighted by atomic mass is 9.92. The van der Waals surface area contributed by atoms with E-state index in [0.717, 1.165) is 0 Å². The van der Waals surface area contributed by atoms with Crippen LogP contribution in [0.2, 0.25) is 0 Å². The second kappa shape index (κ2) is 11.6. The molecule has 1 aliphatic heterocycles. The third kappa shape index (κ3) is 6.68. The van der Waals surface area contributed by atoms with Gasteiger partial charge in [-0.3, -0.25) is 4.79 Å². The summed E-state index contributed by atoms with van der Waals surface area (Å²) in [7, 11) is 1.55. The summed E-state index contributed by atoms with van der Waals surface area (Å²) in [6, 6.07) is 10.7. The summed E-state index contributed by atoms with van der Waals surface area (Å²) in [4.78, 5) is 25.7. The maximum Gasteiger partial charge on any atom is 0.348 e. The van der Waals surface area contributed by atoms with Crippen molar-refractivity contribution in [2.75, 3.05) is 7.11 Å². The average molecular weight is 479 g/mol. The lowest BCUT2D eigenvalue weighted by Gasteiger charge is -2.18. The standard InChI is InChI=1S/C28H30O7/c1-17(16-25-19(3)34-25)27(31)21(18(2)33-4)12-6-5-10-20-11-9-14-23(30)26(20)28(32)35-24-15-8-7-13-22(24)29/h5-16,18-19,21,25,29-30H,1-4H3/b10-5+,12-6+,17-16+/t18-,19-,21-,25-/m0/s1. The molecular weight excluding hydrogens is 448 g/mol. The number of hydrogen-bond donors (Lipinski definition) is 2. The van der Waals surface area contributed by atoms with Crippen LogP contribution < -0.4 is 4.74 Å². The van der Waals surface area contributed by atoms with Gasteiger partial charge in [0.25, 0.3) is 0 Å². The Morgan fingerprint density at radius 1 is 1.06 bits per heavy atom. The van der Waals surface area contributed by atoms with E-state index in [4.69, 9.17) is 14.2 Å². The van der Waals surface area contributed by atoms with E-state index in [9.17, 15) is 19.8 Å². The van der Waals surface area contributed by atoms with E-state index < -0.39 is 11.9 Å². The van der Waals surface area contributed by atoms with Crippen LogP contribution in [0.1, 0.15) is 36.7 Å². The van der Waals surface area contributed by atoms with Crippen LogP contribution in [0.25, 0.3) is 6.08 Å². The molecule has 3 rings (SSSR count). The fraction of sp³-hybridized carbons (Fsp3) is 0.286. The Hall–Kier alpha value is -3.68. The summed E-state index contributed by atoms with van der Waals surface area (Å²) in [5, 5.41) is 20.2. The quantitative estimate of drug-likeness (QED) is 0.165. The zero-order chi connectivity index (χ0) is 25.5. The number of allylic oxidation sites excluding steroid dienone is 3. The summed E-state index contributed by atoms with van der Waals surface area (Å²) in [6.07, 6.45) is 8.32. The number of phenolic OH excluding ortho intramolecular Hbond substituents is 2. The lowest BCUT2D eigenvalue weighted by Crippen LogP contribution is -2.26. The van der Waals surface area contributed by atoms with Gasteiger partial charge in [-0.15, -0.1) is 0 Å². The Labute approximate surface area is 205 Å². The highest BCUT2D eigenvalue weighted by Crippen LogP contribution is 2.29. The van der Waals surface area contributed by atoms with Crippen LogP contribution in [0.5, 0.6) is 17.2 Å². The van der Waals surface area contributed by atoms with Gasteiger partial charge in [0, 0.05) is 7.11 Å². The Bertz CT molecular complexity index is 1160. The lowest BCUT2D eigenvalue weighted by molar-refractivity contribution is -0.121. The van der Waals surface area contributed by atoms with Crippen LogP contribution in [0.4, 0.5) is 0 Å². The minimum atomic E-state index is -0.813. The van der Waals surface area contributed by atoms with Crippen LogP contribution in [-0.4, -0.2) is 47.4 Å². The molecule has 0 spiro atoms. The highest BCUT2D eigenvalue weighted by atomic mass is 16.6. The highest BCUT2D eigenvalue weighted by Gasteiger charge is 2.33. The van der Waals surface area contributed by atoms with E-state index in [1.54, 1.807) is 62.6 Å². The highest BCUT2D eigenvalue weighted by molar-refractivity contribution is 5.99. The van der Waals surface area contributed by atoms with Gasteiger partial charge in [0.1, 0.15) is 17.4 Å². The van der Waals surface area contributed by atoms with Gasteiger partial charge in [-0.2, -0.15) is 0 Å². The smallest absolute Gasteiger partial charge is 0.348 e. The van der Waals surface area contributed by atoms with Gasteiger partial charge in [0.15, 0.2) is 17.3 Å². The van der Waals surface area contributed by atoms with Crippen molar-refractivity contribution in [3.63, 3.8) is 0 Å². The van der Waals surface area contributed by atoms with Gasteiger partial charge in [0.2, 0.25) is 0 Å². The molecule has 0 aromatic heterocycles. The number of aromatic hydroxyl groups is 2. The number of hydrogen-bond acceptors (Lipinski definition) is 7. The number of ketones is 1. The number of para-hydroxylation sites is 2. The second-order valence-corrected chi connectivity index (χ2v) is 8.33. The van der Waals surface area contributed by atoms with Crippen LogP contribution >= 0.6 is 0 Å². The first-order valence-electron chi connectivity index (χ1n) is 11.3. The summed E-state index contributed by atoms with van der Waals surface area (Å²) in [5.74, 6) is -1.84. The van der Waals surface area contributed by atoms with E-state index in [1.165, 1.54) is 18.2 Å². The Balaban J connectivity index is 1.78. The third-order valence-corrected chi connectivity index (χ3v) is 5.79. The molecule has 1 aliphatic rings.